The molecule has 4 heterocycles. The number of fused-ring (bicyclic) bond motifs is 3. The van der Waals surface area contributed by atoms with Gasteiger partial charge < -0.3 is 9.64 Å². The highest BCUT2D eigenvalue weighted by Crippen LogP contribution is 2.40. The van der Waals surface area contributed by atoms with Crippen molar-refractivity contribution in [2.24, 2.45) is 0 Å². The second kappa shape index (κ2) is 8.67. The van der Waals surface area contributed by atoms with Crippen LogP contribution in [-0.4, -0.2) is 54.8 Å². The lowest BCUT2D eigenvalue weighted by atomic mass is 9.72. The standard InChI is InChI=1S/C21H30N4OS/c1-24-13-15-26-14-3-2-7-21(19-6-10-22-20(24)23-19)8-11-25(12-9-21)17-18-5-4-16-27-18/h4-6,10,16H,2-3,7-9,11-15,17H2,1H3. The fourth-order valence-electron chi connectivity index (χ4n) is 4.30. The van der Waals surface area contributed by atoms with Crippen LogP contribution in [0.1, 0.15) is 42.7 Å². The lowest BCUT2D eigenvalue weighted by Gasteiger charge is -2.42. The Balaban J connectivity index is 1.53. The van der Waals surface area contributed by atoms with E-state index in [9.17, 15) is 0 Å². The fraction of sp³-hybridized carbons (Fsp3) is 0.619. The Hall–Kier alpha value is -1.50. The van der Waals surface area contributed by atoms with Gasteiger partial charge in [0.25, 0.3) is 0 Å². The average Bonchev–Trinajstić information content (AvgIpc) is 3.21. The Morgan fingerprint density at radius 2 is 2.00 bits per heavy atom. The van der Waals surface area contributed by atoms with Gasteiger partial charge in [-0.25, -0.2) is 9.97 Å². The first kappa shape index (κ1) is 18.8. The van der Waals surface area contributed by atoms with Crippen LogP contribution in [0.2, 0.25) is 0 Å². The molecule has 1 spiro atoms. The van der Waals surface area contributed by atoms with Crippen LogP contribution in [0.4, 0.5) is 5.95 Å². The molecule has 146 valence electrons. The highest BCUT2D eigenvalue weighted by Gasteiger charge is 2.37. The van der Waals surface area contributed by atoms with Crippen molar-refractivity contribution in [3.8, 4) is 0 Å². The molecule has 27 heavy (non-hydrogen) atoms. The second-order valence-corrected chi connectivity index (χ2v) is 8.90. The maximum atomic E-state index is 5.80. The van der Waals surface area contributed by atoms with Crippen molar-refractivity contribution in [1.82, 2.24) is 14.9 Å². The highest BCUT2D eigenvalue weighted by molar-refractivity contribution is 7.09. The van der Waals surface area contributed by atoms with Crippen LogP contribution in [0, 0.1) is 0 Å². The molecule has 2 aromatic rings. The number of aromatic nitrogens is 2. The Labute approximate surface area is 166 Å². The van der Waals surface area contributed by atoms with Gasteiger partial charge in [-0.15, -0.1) is 11.3 Å². The maximum Gasteiger partial charge on any atom is 0.225 e. The molecular weight excluding hydrogens is 356 g/mol. The maximum absolute atomic E-state index is 5.80. The van der Waals surface area contributed by atoms with E-state index in [0.29, 0.717) is 0 Å². The summed E-state index contributed by atoms with van der Waals surface area (Å²) in [5.74, 6) is 0.831. The van der Waals surface area contributed by atoms with Crippen molar-refractivity contribution < 1.29 is 4.74 Å². The molecule has 0 saturated carbocycles. The molecule has 0 N–H and O–H groups in total. The molecular formula is C21H30N4OS. The summed E-state index contributed by atoms with van der Waals surface area (Å²) in [5.41, 5.74) is 1.43. The number of hydrogen-bond acceptors (Lipinski definition) is 6. The van der Waals surface area contributed by atoms with Gasteiger partial charge in [-0.2, -0.15) is 0 Å². The number of hydrogen-bond donors (Lipinski definition) is 0. The topological polar surface area (TPSA) is 41.5 Å². The zero-order valence-corrected chi connectivity index (χ0v) is 17.1. The number of rotatable bonds is 2. The normalized spacial score (nSPS) is 21.6. The fourth-order valence-corrected chi connectivity index (χ4v) is 5.04. The second-order valence-electron chi connectivity index (χ2n) is 7.87. The Kier molecular flexibility index (Phi) is 6.05. The Morgan fingerprint density at radius 1 is 1.11 bits per heavy atom. The van der Waals surface area contributed by atoms with Crippen LogP contribution in [-0.2, 0) is 16.7 Å². The van der Waals surface area contributed by atoms with Crippen LogP contribution in [0.25, 0.3) is 0 Å². The van der Waals surface area contributed by atoms with Crippen molar-refractivity contribution in [3.05, 3.63) is 40.3 Å². The molecule has 0 radical (unpaired) electrons. The van der Waals surface area contributed by atoms with Crippen molar-refractivity contribution in [2.75, 3.05) is 44.8 Å². The van der Waals surface area contributed by atoms with E-state index in [1.807, 2.05) is 17.5 Å². The van der Waals surface area contributed by atoms with E-state index in [2.05, 4.69) is 45.4 Å². The zero-order chi connectivity index (χ0) is 18.5. The molecule has 0 aromatic carbocycles. The predicted octanol–water partition coefficient (Wildman–Crippen LogP) is 3.71. The van der Waals surface area contributed by atoms with E-state index in [1.54, 1.807) is 0 Å². The summed E-state index contributed by atoms with van der Waals surface area (Å²) >= 11 is 1.86. The van der Waals surface area contributed by atoms with Crippen molar-refractivity contribution >= 4 is 17.3 Å². The summed E-state index contributed by atoms with van der Waals surface area (Å²) in [6.45, 7) is 5.81. The molecule has 2 aliphatic heterocycles. The van der Waals surface area contributed by atoms with Gasteiger partial charge in [0, 0.05) is 43.2 Å². The summed E-state index contributed by atoms with van der Waals surface area (Å²) in [7, 11) is 2.06. The van der Waals surface area contributed by atoms with Gasteiger partial charge >= 0.3 is 0 Å². The average molecular weight is 387 g/mol. The third kappa shape index (κ3) is 4.50. The van der Waals surface area contributed by atoms with E-state index in [0.717, 1.165) is 51.8 Å². The largest absolute Gasteiger partial charge is 0.380 e. The van der Waals surface area contributed by atoms with Gasteiger partial charge in [0.1, 0.15) is 0 Å². The van der Waals surface area contributed by atoms with E-state index < -0.39 is 0 Å². The van der Waals surface area contributed by atoms with Gasteiger partial charge in [-0.1, -0.05) is 12.5 Å². The number of nitrogens with zero attached hydrogens (tertiary/aromatic N) is 4. The molecule has 0 amide bonds. The number of piperidine rings is 1. The molecule has 2 aromatic heterocycles. The van der Waals surface area contributed by atoms with E-state index in [1.165, 1.54) is 36.3 Å². The van der Waals surface area contributed by atoms with E-state index >= 15 is 0 Å². The van der Waals surface area contributed by atoms with Crippen LogP contribution in [0.15, 0.2) is 29.8 Å². The first-order valence-corrected chi connectivity index (χ1v) is 11.0. The summed E-state index contributed by atoms with van der Waals surface area (Å²) in [6.07, 6.45) is 7.85. The monoisotopic (exact) mass is 386 g/mol. The molecule has 4 rings (SSSR count). The minimum Gasteiger partial charge on any atom is -0.380 e. The summed E-state index contributed by atoms with van der Waals surface area (Å²) in [4.78, 5) is 15.7. The summed E-state index contributed by atoms with van der Waals surface area (Å²) in [6, 6.07) is 6.56. The van der Waals surface area contributed by atoms with Gasteiger partial charge in [-0.3, -0.25) is 4.90 Å². The Morgan fingerprint density at radius 3 is 2.81 bits per heavy atom. The lowest BCUT2D eigenvalue weighted by Crippen LogP contribution is -2.43. The van der Waals surface area contributed by atoms with Crippen LogP contribution in [0.5, 0.6) is 0 Å². The van der Waals surface area contributed by atoms with Crippen molar-refractivity contribution in [2.45, 2.75) is 44.1 Å². The predicted molar refractivity (Wildman–Crippen MR) is 110 cm³/mol. The van der Waals surface area contributed by atoms with E-state index in [4.69, 9.17) is 9.72 Å². The molecule has 1 fully saturated rings. The van der Waals surface area contributed by atoms with Gasteiger partial charge in [0.2, 0.25) is 5.95 Å². The van der Waals surface area contributed by atoms with Crippen LogP contribution in [0.3, 0.4) is 0 Å². The van der Waals surface area contributed by atoms with Crippen molar-refractivity contribution in [3.63, 3.8) is 0 Å². The molecule has 0 atom stereocenters. The molecule has 5 nitrogen and oxygen atoms in total. The smallest absolute Gasteiger partial charge is 0.225 e. The molecule has 1 saturated heterocycles. The zero-order valence-electron chi connectivity index (χ0n) is 16.3. The molecule has 6 heteroatoms. The van der Waals surface area contributed by atoms with E-state index in [-0.39, 0.29) is 5.41 Å². The molecule has 0 aliphatic carbocycles. The molecule has 0 unspecified atom stereocenters. The summed E-state index contributed by atoms with van der Waals surface area (Å²) in [5, 5.41) is 2.18. The number of likely N-dealkylation sites (N-methyl/N-ethyl adjacent to an activating group) is 1. The number of thiophene rings is 1. The number of likely N-dealkylation sites (tertiary alicyclic amines) is 1. The van der Waals surface area contributed by atoms with Crippen molar-refractivity contribution in [1.29, 1.82) is 0 Å². The molecule has 2 bridgehead atoms. The quantitative estimate of drug-likeness (QED) is 0.787. The Bertz CT molecular complexity index is 713. The van der Waals surface area contributed by atoms with Gasteiger partial charge in [0.05, 0.1) is 12.3 Å². The minimum atomic E-state index is 0.184. The SMILES string of the molecule is CN1CCOCCCCC2(CCN(Cc3cccs3)CC2)c2ccnc1n2. The van der Waals surface area contributed by atoms with Crippen LogP contribution >= 0.6 is 11.3 Å². The minimum absolute atomic E-state index is 0.184. The van der Waals surface area contributed by atoms with Gasteiger partial charge in [0.15, 0.2) is 0 Å². The van der Waals surface area contributed by atoms with Gasteiger partial charge in [-0.05, 0) is 56.3 Å². The van der Waals surface area contributed by atoms with Crippen LogP contribution < -0.4 is 4.90 Å². The number of ether oxygens (including phenoxy) is 1. The third-order valence-electron chi connectivity index (χ3n) is 6.07. The lowest BCUT2D eigenvalue weighted by molar-refractivity contribution is 0.120. The third-order valence-corrected chi connectivity index (χ3v) is 6.93. The summed E-state index contributed by atoms with van der Waals surface area (Å²) < 4.78 is 5.80. The first-order valence-electron chi connectivity index (χ1n) is 10.1. The molecule has 2 aliphatic rings. The number of anilines is 1. The first-order chi connectivity index (χ1) is 13.3. The highest BCUT2D eigenvalue weighted by atomic mass is 32.1.